The van der Waals surface area contributed by atoms with Crippen LogP contribution in [0.2, 0.25) is 0 Å². The largest absolute Gasteiger partial charge is 0.228 e. The number of hydrogen-bond donors (Lipinski definition) is 0. The molecule has 2 aromatic heterocycles. The van der Waals surface area contributed by atoms with Gasteiger partial charge in [0, 0.05) is 33.4 Å². The first-order valence-electron chi connectivity index (χ1n) is 22.2. The van der Waals surface area contributed by atoms with E-state index >= 15 is 0 Å². The van der Waals surface area contributed by atoms with E-state index in [4.69, 9.17) is 19.9 Å². The first-order valence-corrected chi connectivity index (χ1v) is 22.2. The third kappa shape index (κ3) is 8.59. The molecular formula is C62H42N4. The number of aromatic nitrogens is 4. The molecule has 0 spiro atoms. The molecule has 0 amide bonds. The van der Waals surface area contributed by atoms with Gasteiger partial charge in [0.1, 0.15) is 0 Å². The Labute approximate surface area is 385 Å². The van der Waals surface area contributed by atoms with Gasteiger partial charge in [0.2, 0.25) is 0 Å². The standard InChI is InChI=1S/C62H42N4/c1-5-16-45(17-6-1)57-41-59(65-61(63-57)49-20-9-3-10-21-49)47-34-30-43(31-35-47)51-24-13-26-53(38-51)55-28-15-29-56(40-55)54-27-14-25-52(39-54)44-32-36-48(37-33-44)60-42-58(46-18-7-2-8-19-46)64-62(66-60)50-22-11-4-12-23-50/h1-42H. The van der Waals surface area contributed by atoms with Crippen molar-refractivity contribution >= 4 is 0 Å². The molecule has 11 rings (SSSR count). The number of benzene rings is 9. The highest BCUT2D eigenvalue weighted by Gasteiger charge is 2.14. The van der Waals surface area contributed by atoms with Crippen LogP contribution in [-0.4, -0.2) is 19.9 Å². The molecule has 0 N–H and O–H groups in total. The normalized spacial score (nSPS) is 11.0. The Hall–Kier alpha value is -8.86. The van der Waals surface area contributed by atoms with Crippen molar-refractivity contribution in [2.45, 2.75) is 0 Å². The van der Waals surface area contributed by atoms with Gasteiger partial charge >= 0.3 is 0 Å². The summed E-state index contributed by atoms with van der Waals surface area (Å²) in [6.45, 7) is 0. The molecule has 0 atom stereocenters. The van der Waals surface area contributed by atoms with Crippen LogP contribution in [0, 0.1) is 0 Å². The Bertz CT molecular complexity index is 3080. The molecule has 4 heteroatoms. The average molecular weight is 843 g/mol. The van der Waals surface area contributed by atoms with Crippen molar-refractivity contribution in [3.63, 3.8) is 0 Å². The van der Waals surface area contributed by atoms with Gasteiger partial charge in [-0.3, -0.25) is 0 Å². The van der Waals surface area contributed by atoms with Crippen LogP contribution in [0.15, 0.2) is 255 Å². The van der Waals surface area contributed by atoms with E-state index in [2.05, 4.69) is 182 Å². The Morgan fingerprint density at radius 2 is 0.364 bits per heavy atom. The van der Waals surface area contributed by atoms with E-state index in [-0.39, 0.29) is 0 Å². The van der Waals surface area contributed by atoms with Gasteiger partial charge in [-0.15, -0.1) is 0 Å². The van der Waals surface area contributed by atoms with Crippen molar-refractivity contribution < 1.29 is 0 Å². The first kappa shape index (κ1) is 40.0. The fourth-order valence-electron chi connectivity index (χ4n) is 8.44. The minimum atomic E-state index is 0.710. The second-order valence-corrected chi connectivity index (χ2v) is 16.3. The Morgan fingerprint density at radius 3 is 0.652 bits per heavy atom. The number of hydrogen-bond acceptors (Lipinski definition) is 4. The summed E-state index contributed by atoms with van der Waals surface area (Å²) in [6.07, 6.45) is 0. The monoisotopic (exact) mass is 842 g/mol. The maximum Gasteiger partial charge on any atom is 0.160 e. The zero-order valence-electron chi connectivity index (χ0n) is 36.0. The van der Waals surface area contributed by atoms with E-state index in [0.29, 0.717) is 11.6 Å². The van der Waals surface area contributed by atoms with Crippen LogP contribution in [0.3, 0.4) is 0 Å². The smallest absolute Gasteiger partial charge is 0.160 e. The molecule has 0 saturated carbocycles. The van der Waals surface area contributed by atoms with Crippen LogP contribution >= 0.6 is 0 Å². The minimum Gasteiger partial charge on any atom is -0.228 e. The molecule has 0 saturated heterocycles. The van der Waals surface area contributed by atoms with Gasteiger partial charge in [0.05, 0.1) is 22.8 Å². The molecule has 2 heterocycles. The fraction of sp³-hybridized carbons (Fsp3) is 0. The number of nitrogens with zero attached hydrogens (tertiary/aromatic N) is 4. The minimum absolute atomic E-state index is 0.710. The third-order valence-corrected chi connectivity index (χ3v) is 11.9. The molecule has 0 aliphatic heterocycles. The van der Waals surface area contributed by atoms with Crippen molar-refractivity contribution in [3.05, 3.63) is 255 Å². The maximum atomic E-state index is 5.03. The SMILES string of the molecule is c1ccc(-c2cc(-c3ccc(-c4cccc(-c5cccc(-c6cccc(-c7ccc(-c8cc(-c9ccccc9)nc(-c9ccccc9)n8)cc7)c6)c5)c4)cc3)nc(-c3ccccc3)n2)cc1. The molecule has 9 aromatic carbocycles. The number of rotatable bonds is 10. The molecular weight excluding hydrogens is 801 g/mol. The van der Waals surface area contributed by atoms with E-state index in [1.165, 1.54) is 0 Å². The quantitative estimate of drug-likeness (QED) is 0.138. The average Bonchev–Trinajstić information content (AvgIpc) is 3.42. The maximum absolute atomic E-state index is 5.03. The van der Waals surface area contributed by atoms with Crippen molar-refractivity contribution in [2.75, 3.05) is 0 Å². The summed E-state index contributed by atoms with van der Waals surface area (Å²) >= 11 is 0. The van der Waals surface area contributed by atoms with Crippen molar-refractivity contribution in [1.82, 2.24) is 19.9 Å². The summed E-state index contributed by atoms with van der Waals surface area (Å²) in [6, 6.07) is 88.9. The second-order valence-electron chi connectivity index (χ2n) is 16.3. The third-order valence-electron chi connectivity index (χ3n) is 11.9. The second kappa shape index (κ2) is 18.1. The van der Waals surface area contributed by atoms with Gasteiger partial charge in [-0.05, 0) is 74.8 Å². The Kier molecular flexibility index (Phi) is 10.9. The molecule has 0 bridgehead atoms. The molecule has 11 aromatic rings. The zero-order chi connectivity index (χ0) is 44.1. The van der Waals surface area contributed by atoms with Crippen LogP contribution in [0.1, 0.15) is 0 Å². The summed E-state index contributed by atoms with van der Waals surface area (Å²) in [5, 5.41) is 0. The Morgan fingerprint density at radius 1 is 0.152 bits per heavy atom. The molecule has 0 unspecified atom stereocenters. The lowest BCUT2D eigenvalue weighted by atomic mass is 9.94. The fourth-order valence-corrected chi connectivity index (χ4v) is 8.44. The molecule has 0 radical (unpaired) electrons. The highest BCUT2D eigenvalue weighted by atomic mass is 14.9. The molecule has 0 fully saturated rings. The van der Waals surface area contributed by atoms with Gasteiger partial charge < -0.3 is 0 Å². The van der Waals surface area contributed by atoms with Gasteiger partial charge in [-0.2, -0.15) is 0 Å². The van der Waals surface area contributed by atoms with Crippen LogP contribution in [0.5, 0.6) is 0 Å². The predicted octanol–water partition coefficient (Wildman–Crippen LogP) is 15.9. The predicted molar refractivity (Wildman–Crippen MR) is 272 cm³/mol. The summed E-state index contributed by atoms with van der Waals surface area (Å²) in [5.41, 5.74) is 19.0. The van der Waals surface area contributed by atoms with Crippen LogP contribution in [0.25, 0.3) is 112 Å². The molecule has 310 valence electrons. The van der Waals surface area contributed by atoms with Crippen LogP contribution in [-0.2, 0) is 0 Å². The van der Waals surface area contributed by atoms with Gasteiger partial charge in [0.15, 0.2) is 11.6 Å². The van der Waals surface area contributed by atoms with Gasteiger partial charge in [-0.25, -0.2) is 19.9 Å². The molecule has 0 aliphatic rings. The Balaban J connectivity index is 0.845. The molecule has 0 aliphatic carbocycles. The van der Waals surface area contributed by atoms with Crippen LogP contribution in [0.4, 0.5) is 0 Å². The van der Waals surface area contributed by atoms with E-state index in [0.717, 1.165) is 101 Å². The van der Waals surface area contributed by atoms with Crippen molar-refractivity contribution in [3.8, 4) is 112 Å². The lowest BCUT2D eigenvalue weighted by Crippen LogP contribution is -1.95. The van der Waals surface area contributed by atoms with Crippen molar-refractivity contribution in [2.24, 2.45) is 0 Å². The van der Waals surface area contributed by atoms with Gasteiger partial charge in [0.25, 0.3) is 0 Å². The first-order chi connectivity index (χ1) is 32.7. The van der Waals surface area contributed by atoms with E-state index in [1.807, 2.05) is 72.8 Å². The molecule has 66 heavy (non-hydrogen) atoms. The van der Waals surface area contributed by atoms with E-state index in [9.17, 15) is 0 Å². The summed E-state index contributed by atoms with van der Waals surface area (Å²) < 4.78 is 0. The zero-order valence-corrected chi connectivity index (χ0v) is 36.0. The summed E-state index contributed by atoms with van der Waals surface area (Å²) in [7, 11) is 0. The highest BCUT2D eigenvalue weighted by Crippen LogP contribution is 2.35. The summed E-state index contributed by atoms with van der Waals surface area (Å²) in [4.78, 5) is 20.0. The lowest BCUT2D eigenvalue weighted by molar-refractivity contribution is 1.18. The van der Waals surface area contributed by atoms with E-state index < -0.39 is 0 Å². The molecule has 4 nitrogen and oxygen atoms in total. The highest BCUT2D eigenvalue weighted by molar-refractivity contribution is 5.81. The van der Waals surface area contributed by atoms with E-state index in [1.54, 1.807) is 0 Å². The topological polar surface area (TPSA) is 51.6 Å². The summed E-state index contributed by atoms with van der Waals surface area (Å²) in [5.74, 6) is 1.42. The van der Waals surface area contributed by atoms with Crippen molar-refractivity contribution in [1.29, 1.82) is 0 Å². The lowest BCUT2D eigenvalue weighted by Gasteiger charge is -2.12. The van der Waals surface area contributed by atoms with Crippen LogP contribution < -0.4 is 0 Å². The van der Waals surface area contributed by atoms with Gasteiger partial charge in [-0.1, -0.05) is 224 Å².